The molecule has 0 fully saturated rings. The lowest BCUT2D eigenvalue weighted by molar-refractivity contribution is 0.282. The number of hydrogen-bond acceptors (Lipinski definition) is 6. The average Bonchev–Trinajstić information content (AvgIpc) is 2.52. The fourth-order valence-electron chi connectivity index (χ4n) is 1.32. The molecule has 0 unspecified atom stereocenters. The summed E-state index contributed by atoms with van der Waals surface area (Å²) >= 11 is 3.03. The summed E-state index contributed by atoms with van der Waals surface area (Å²) in [5.74, 6) is 0.720. The largest absolute Gasteiger partial charge is 0.392 e. The second-order valence-corrected chi connectivity index (χ2v) is 5.21. The summed E-state index contributed by atoms with van der Waals surface area (Å²) in [6, 6.07) is 7.18. The van der Waals surface area contributed by atoms with Crippen LogP contribution in [-0.2, 0) is 6.61 Å². The molecule has 1 aromatic carbocycles. The monoisotopic (exact) mass is 325 g/mol. The van der Waals surface area contributed by atoms with Crippen LogP contribution in [0.5, 0.6) is 0 Å². The van der Waals surface area contributed by atoms with Crippen molar-refractivity contribution in [2.75, 3.05) is 12.5 Å². The Balaban J connectivity index is 2.65. The van der Waals surface area contributed by atoms with Gasteiger partial charge in [0.15, 0.2) is 0 Å². The van der Waals surface area contributed by atoms with Gasteiger partial charge >= 0.3 is 0 Å². The molecule has 21 heavy (non-hydrogen) atoms. The van der Waals surface area contributed by atoms with E-state index in [9.17, 15) is 0 Å². The summed E-state index contributed by atoms with van der Waals surface area (Å²) < 4.78 is 4.88. The summed E-state index contributed by atoms with van der Waals surface area (Å²) in [6.45, 7) is 1.88. The van der Waals surface area contributed by atoms with Gasteiger partial charge in [0, 0.05) is 24.9 Å². The molecular formula is C13H19N5OS2. The molecule has 0 atom stereocenters. The van der Waals surface area contributed by atoms with Gasteiger partial charge in [-0.15, -0.1) is 10.2 Å². The molecule has 1 aromatic rings. The molecule has 0 bridgehead atoms. The van der Waals surface area contributed by atoms with E-state index in [4.69, 9.17) is 5.11 Å². The number of rotatable bonds is 7. The Morgan fingerprint density at radius 1 is 1.33 bits per heavy atom. The van der Waals surface area contributed by atoms with E-state index in [1.54, 1.807) is 24.3 Å². The van der Waals surface area contributed by atoms with Gasteiger partial charge in [-0.2, -0.15) is 0 Å². The minimum absolute atomic E-state index is 0.0216. The predicted molar refractivity (Wildman–Crippen MR) is 91.1 cm³/mol. The standard InChI is InChI=1S/C13H19N5OS2/c1-11(18(21-3)9-8-14-20-2)15-17-16-13-6-4-12(10-19)5-7-13/h4-9,14,19H,10H2,1-3H3/b9-8-,15-11+,17-16+. The number of hydrogen-bond donors (Lipinski definition) is 2. The van der Waals surface area contributed by atoms with Crippen LogP contribution in [-0.4, -0.2) is 27.8 Å². The number of aliphatic hydroxyl groups excluding tert-OH is 1. The topological polar surface area (TPSA) is 72.6 Å². The van der Waals surface area contributed by atoms with Crippen LogP contribution in [0.1, 0.15) is 12.5 Å². The van der Waals surface area contributed by atoms with Crippen LogP contribution < -0.4 is 4.72 Å². The quantitative estimate of drug-likeness (QED) is 0.264. The molecular weight excluding hydrogens is 306 g/mol. The van der Waals surface area contributed by atoms with E-state index in [0.29, 0.717) is 5.69 Å². The molecule has 0 aliphatic rings. The minimum atomic E-state index is 0.0216. The van der Waals surface area contributed by atoms with Gasteiger partial charge < -0.3 is 9.83 Å². The first-order valence-electron chi connectivity index (χ1n) is 6.15. The van der Waals surface area contributed by atoms with Crippen molar-refractivity contribution in [3.05, 3.63) is 42.2 Å². The predicted octanol–water partition coefficient (Wildman–Crippen LogP) is 3.51. The van der Waals surface area contributed by atoms with Crippen LogP contribution in [0.4, 0.5) is 5.69 Å². The van der Waals surface area contributed by atoms with Gasteiger partial charge in [-0.3, -0.25) is 4.31 Å². The Morgan fingerprint density at radius 3 is 2.62 bits per heavy atom. The van der Waals surface area contributed by atoms with E-state index in [-0.39, 0.29) is 6.61 Å². The molecule has 2 N–H and O–H groups in total. The van der Waals surface area contributed by atoms with E-state index in [1.807, 2.05) is 36.1 Å². The number of nitrogens with one attached hydrogen (secondary N) is 1. The van der Waals surface area contributed by atoms with Crippen LogP contribution in [0.25, 0.3) is 0 Å². The van der Waals surface area contributed by atoms with Crippen molar-refractivity contribution in [1.82, 2.24) is 9.03 Å². The summed E-state index contributed by atoms with van der Waals surface area (Å²) in [5, 5.41) is 20.9. The second-order valence-electron chi connectivity index (χ2n) is 3.81. The molecule has 0 amide bonds. The van der Waals surface area contributed by atoms with Crippen LogP contribution in [0, 0.1) is 0 Å². The third-order valence-corrected chi connectivity index (χ3v) is 3.53. The lowest BCUT2D eigenvalue weighted by Gasteiger charge is -2.14. The first kappa shape index (κ1) is 17.5. The molecule has 0 aliphatic carbocycles. The Hall–Kier alpha value is -1.51. The van der Waals surface area contributed by atoms with E-state index in [2.05, 4.69) is 20.2 Å². The van der Waals surface area contributed by atoms with E-state index >= 15 is 0 Å². The maximum absolute atomic E-state index is 8.96. The molecule has 8 heteroatoms. The highest BCUT2D eigenvalue weighted by Crippen LogP contribution is 2.14. The SMILES string of the molecule is CSN/C=C\N(SC)/C(C)=N/N=N/c1ccc(CO)cc1. The fourth-order valence-corrected chi connectivity index (χ4v) is 2.00. The van der Waals surface area contributed by atoms with E-state index in [1.165, 1.54) is 23.9 Å². The Labute approximate surface area is 133 Å². The fraction of sp³-hybridized carbons (Fsp3) is 0.308. The number of amidine groups is 1. The summed E-state index contributed by atoms with van der Waals surface area (Å²) in [4.78, 5) is 0. The molecule has 6 nitrogen and oxygen atoms in total. The van der Waals surface area contributed by atoms with Crippen molar-refractivity contribution >= 4 is 35.4 Å². The maximum Gasteiger partial charge on any atom is 0.140 e. The van der Waals surface area contributed by atoms with Gasteiger partial charge in [-0.05, 0) is 41.8 Å². The van der Waals surface area contributed by atoms with Crippen LogP contribution in [0.15, 0.2) is 52.1 Å². The third-order valence-electron chi connectivity index (χ3n) is 2.38. The Morgan fingerprint density at radius 2 is 2.05 bits per heavy atom. The first-order valence-corrected chi connectivity index (χ1v) is 8.55. The Kier molecular flexibility index (Phi) is 8.56. The molecule has 0 aliphatic heterocycles. The van der Waals surface area contributed by atoms with E-state index in [0.717, 1.165) is 11.4 Å². The molecule has 114 valence electrons. The van der Waals surface area contributed by atoms with Crippen molar-refractivity contribution in [2.45, 2.75) is 13.5 Å². The smallest absolute Gasteiger partial charge is 0.140 e. The molecule has 0 saturated carbocycles. The highest BCUT2D eigenvalue weighted by atomic mass is 32.2. The molecule has 0 saturated heterocycles. The molecule has 0 heterocycles. The zero-order valence-electron chi connectivity index (χ0n) is 12.2. The number of nitrogens with zero attached hydrogens (tertiary/aromatic N) is 4. The zero-order chi connectivity index (χ0) is 15.5. The third kappa shape index (κ3) is 6.65. The normalized spacial score (nSPS) is 12.3. The Bertz CT molecular complexity index is 502. The first-order chi connectivity index (χ1) is 10.2. The number of aliphatic hydroxyl groups is 1. The summed E-state index contributed by atoms with van der Waals surface area (Å²) in [7, 11) is 0. The van der Waals surface area contributed by atoms with Gasteiger partial charge in [0.25, 0.3) is 0 Å². The van der Waals surface area contributed by atoms with Crippen molar-refractivity contribution in [3.8, 4) is 0 Å². The van der Waals surface area contributed by atoms with Gasteiger partial charge in [0.2, 0.25) is 0 Å². The van der Waals surface area contributed by atoms with Crippen molar-refractivity contribution in [3.63, 3.8) is 0 Å². The number of benzene rings is 1. The van der Waals surface area contributed by atoms with Gasteiger partial charge in [0.1, 0.15) is 5.84 Å². The molecule has 1 rings (SSSR count). The molecule has 0 aromatic heterocycles. The van der Waals surface area contributed by atoms with E-state index < -0.39 is 0 Å². The highest BCUT2D eigenvalue weighted by molar-refractivity contribution is 7.97. The average molecular weight is 325 g/mol. The molecule has 0 radical (unpaired) electrons. The van der Waals surface area contributed by atoms with Crippen LogP contribution in [0.2, 0.25) is 0 Å². The minimum Gasteiger partial charge on any atom is -0.392 e. The summed E-state index contributed by atoms with van der Waals surface area (Å²) in [5.41, 5.74) is 1.53. The van der Waals surface area contributed by atoms with Gasteiger partial charge in [-0.1, -0.05) is 24.1 Å². The van der Waals surface area contributed by atoms with Crippen LogP contribution >= 0.6 is 23.9 Å². The zero-order valence-corrected chi connectivity index (χ0v) is 13.9. The molecule has 0 spiro atoms. The second kappa shape index (κ2) is 10.3. The highest BCUT2D eigenvalue weighted by Gasteiger charge is 2.00. The lowest BCUT2D eigenvalue weighted by atomic mass is 10.2. The maximum atomic E-state index is 8.96. The van der Waals surface area contributed by atoms with Crippen molar-refractivity contribution < 1.29 is 5.11 Å². The van der Waals surface area contributed by atoms with Crippen molar-refractivity contribution in [2.24, 2.45) is 15.4 Å². The van der Waals surface area contributed by atoms with Crippen molar-refractivity contribution in [1.29, 1.82) is 0 Å². The van der Waals surface area contributed by atoms with Gasteiger partial charge in [-0.25, -0.2) is 0 Å². The summed E-state index contributed by atoms with van der Waals surface area (Å²) in [6.07, 6.45) is 7.59. The lowest BCUT2D eigenvalue weighted by Crippen LogP contribution is -2.14. The van der Waals surface area contributed by atoms with Gasteiger partial charge in [0.05, 0.1) is 12.3 Å². The van der Waals surface area contributed by atoms with Crippen LogP contribution in [0.3, 0.4) is 0 Å².